The summed E-state index contributed by atoms with van der Waals surface area (Å²) in [5, 5.41) is 0.0499. The summed E-state index contributed by atoms with van der Waals surface area (Å²) in [7, 11) is 0. The number of nitrogens with two attached hydrogens (primary N) is 2. The molecule has 2 unspecified atom stereocenters. The van der Waals surface area contributed by atoms with Gasteiger partial charge < -0.3 is 25.8 Å². The molecule has 168 valence electrons. The molecule has 4 N–H and O–H groups in total. The Kier molecular flexibility index (Phi) is 6.35. The Morgan fingerprint density at radius 1 is 1.35 bits per heavy atom. The molecule has 2 aliphatic heterocycles. The Balaban J connectivity index is 1.83. The van der Waals surface area contributed by atoms with Gasteiger partial charge in [0.2, 0.25) is 5.88 Å². The van der Waals surface area contributed by atoms with Crippen LogP contribution in [0.25, 0.3) is 0 Å². The van der Waals surface area contributed by atoms with E-state index < -0.39 is 11.7 Å². The molecule has 0 aliphatic carbocycles. The molecule has 0 saturated carbocycles. The first-order valence-corrected chi connectivity index (χ1v) is 10.3. The van der Waals surface area contributed by atoms with Gasteiger partial charge in [-0.05, 0) is 39.3 Å². The fourth-order valence-electron chi connectivity index (χ4n) is 3.70. The van der Waals surface area contributed by atoms with Gasteiger partial charge in [0.25, 0.3) is 0 Å². The summed E-state index contributed by atoms with van der Waals surface area (Å²) in [6.45, 7) is 8.07. The fourth-order valence-corrected chi connectivity index (χ4v) is 3.80. The van der Waals surface area contributed by atoms with E-state index >= 15 is 0 Å². The smallest absolute Gasteiger partial charge is 0.416 e. The summed E-state index contributed by atoms with van der Waals surface area (Å²) in [5.74, 6) is 0.655. The first kappa shape index (κ1) is 22.7. The van der Waals surface area contributed by atoms with Crippen LogP contribution in [0.5, 0.6) is 5.88 Å². The van der Waals surface area contributed by atoms with Crippen LogP contribution in [0.3, 0.4) is 0 Å². The van der Waals surface area contributed by atoms with Gasteiger partial charge in [0.15, 0.2) is 6.29 Å². The molecule has 2 atom stereocenters. The Morgan fingerprint density at radius 3 is 2.65 bits per heavy atom. The number of nitrogens with zero attached hydrogens (tertiary/aromatic N) is 3. The number of carbonyl (C=O) groups excluding carboxylic acids is 2. The van der Waals surface area contributed by atoms with Crippen LogP contribution < -0.4 is 16.2 Å². The van der Waals surface area contributed by atoms with Gasteiger partial charge in [0.05, 0.1) is 24.8 Å². The van der Waals surface area contributed by atoms with E-state index in [0.29, 0.717) is 36.7 Å². The molecule has 1 amide bonds. The van der Waals surface area contributed by atoms with E-state index in [4.69, 9.17) is 32.5 Å². The molecule has 3 rings (SSSR count). The summed E-state index contributed by atoms with van der Waals surface area (Å²) in [5.41, 5.74) is 13.2. The van der Waals surface area contributed by atoms with Gasteiger partial charge in [-0.1, -0.05) is 11.6 Å². The van der Waals surface area contributed by atoms with Gasteiger partial charge in [-0.2, -0.15) is 0 Å². The second kappa shape index (κ2) is 8.66. The van der Waals surface area contributed by atoms with Gasteiger partial charge in [0.1, 0.15) is 22.7 Å². The standard InChI is InChI=1S/C21H28ClN5O4/c1-12-5-18(25-8-13(12)11-28)30-15-6-14-9-27(20(29)31-21(2,3)4)19(24)16(7-17(22)23)26(14)10-15/h5,7-8,11,14-15H,6,9-10,23-24H2,1-4H3/b17-7-. The van der Waals surface area contributed by atoms with Crippen LogP contribution in [-0.4, -0.2) is 58.0 Å². The summed E-state index contributed by atoms with van der Waals surface area (Å²) in [4.78, 5) is 31.4. The second-order valence-electron chi connectivity index (χ2n) is 8.67. The van der Waals surface area contributed by atoms with E-state index in [0.717, 1.165) is 11.8 Å². The third-order valence-corrected chi connectivity index (χ3v) is 5.17. The fraction of sp³-hybridized carbons (Fsp3) is 0.476. The number of amides is 1. The largest absolute Gasteiger partial charge is 0.472 e. The highest BCUT2D eigenvalue weighted by Crippen LogP contribution is 2.33. The van der Waals surface area contributed by atoms with Crippen molar-refractivity contribution >= 4 is 24.0 Å². The number of allylic oxidation sites excluding steroid dienone is 1. The normalized spacial score (nSPS) is 21.8. The third kappa shape index (κ3) is 5.22. The van der Waals surface area contributed by atoms with Crippen LogP contribution in [0, 0.1) is 6.92 Å². The van der Waals surface area contributed by atoms with Crippen LogP contribution in [0.4, 0.5) is 4.79 Å². The molecule has 0 bridgehead atoms. The number of pyridine rings is 1. The highest BCUT2D eigenvalue weighted by molar-refractivity contribution is 6.29. The molecule has 31 heavy (non-hydrogen) atoms. The maximum atomic E-state index is 12.7. The maximum Gasteiger partial charge on any atom is 0.416 e. The van der Waals surface area contributed by atoms with Crippen LogP contribution in [0.2, 0.25) is 0 Å². The molecule has 2 aliphatic rings. The van der Waals surface area contributed by atoms with Crippen molar-refractivity contribution in [2.24, 2.45) is 11.5 Å². The minimum absolute atomic E-state index is 0.0499. The van der Waals surface area contributed by atoms with Crippen molar-refractivity contribution in [3.8, 4) is 5.88 Å². The molecule has 1 fully saturated rings. The molecule has 0 spiro atoms. The SMILES string of the molecule is Cc1cc(OC2CC3CN(C(=O)OC(C)(C)C)C(N)=C(/C=C(\N)Cl)N3C2)ncc1C=O. The Hall–Kier alpha value is -2.94. The van der Waals surface area contributed by atoms with E-state index in [-0.39, 0.29) is 23.1 Å². The van der Waals surface area contributed by atoms with Gasteiger partial charge in [-0.25, -0.2) is 9.78 Å². The van der Waals surface area contributed by atoms with Crippen molar-refractivity contribution in [1.82, 2.24) is 14.8 Å². The highest BCUT2D eigenvalue weighted by atomic mass is 35.5. The van der Waals surface area contributed by atoms with Crippen LogP contribution in [-0.2, 0) is 4.74 Å². The van der Waals surface area contributed by atoms with E-state index in [1.807, 2.05) is 11.8 Å². The molecule has 9 nitrogen and oxygen atoms in total. The monoisotopic (exact) mass is 449 g/mol. The van der Waals surface area contributed by atoms with Crippen molar-refractivity contribution in [3.63, 3.8) is 0 Å². The Labute approximate surface area is 186 Å². The minimum Gasteiger partial charge on any atom is -0.472 e. The Morgan fingerprint density at radius 2 is 2.06 bits per heavy atom. The summed E-state index contributed by atoms with van der Waals surface area (Å²) in [6, 6.07) is 1.66. The minimum atomic E-state index is -0.658. The number of aryl methyl sites for hydroxylation is 1. The number of hydrogen-bond acceptors (Lipinski definition) is 8. The summed E-state index contributed by atoms with van der Waals surface area (Å²) < 4.78 is 11.6. The van der Waals surface area contributed by atoms with Gasteiger partial charge >= 0.3 is 6.09 Å². The number of ether oxygens (including phenoxy) is 2. The number of fused-ring (bicyclic) bond motifs is 1. The van der Waals surface area contributed by atoms with E-state index in [2.05, 4.69) is 4.98 Å². The molecule has 1 saturated heterocycles. The zero-order chi connectivity index (χ0) is 22.9. The van der Waals surface area contributed by atoms with E-state index in [1.165, 1.54) is 17.2 Å². The summed E-state index contributed by atoms with van der Waals surface area (Å²) in [6.07, 6.45) is 3.67. The maximum absolute atomic E-state index is 12.7. The van der Waals surface area contributed by atoms with Crippen molar-refractivity contribution in [3.05, 3.63) is 46.1 Å². The quantitative estimate of drug-likeness (QED) is 0.530. The zero-order valence-electron chi connectivity index (χ0n) is 18.1. The predicted molar refractivity (Wildman–Crippen MR) is 116 cm³/mol. The second-order valence-corrected chi connectivity index (χ2v) is 9.11. The van der Waals surface area contributed by atoms with Crippen molar-refractivity contribution in [2.45, 2.75) is 51.9 Å². The summed E-state index contributed by atoms with van der Waals surface area (Å²) >= 11 is 5.93. The van der Waals surface area contributed by atoms with Crippen LogP contribution in [0.1, 0.15) is 43.1 Å². The van der Waals surface area contributed by atoms with Crippen molar-refractivity contribution in [2.75, 3.05) is 13.1 Å². The van der Waals surface area contributed by atoms with Gasteiger partial charge in [0, 0.05) is 24.2 Å². The zero-order valence-corrected chi connectivity index (χ0v) is 18.8. The molecular weight excluding hydrogens is 422 g/mol. The number of carbonyl (C=O) groups is 2. The van der Waals surface area contributed by atoms with E-state index in [9.17, 15) is 9.59 Å². The Bertz CT molecular complexity index is 936. The number of rotatable bonds is 4. The lowest BCUT2D eigenvalue weighted by Crippen LogP contribution is -2.51. The molecule has 10 heteroatoms. The molecule has 0 radical (unpaired) electrons. The van der Waals surface area contributed by atoms with Crippen LogP contribution >= 0.6 is 11.6 Å². The molecular formula is C21H28ClN5O4. The lowest BCUT2D eigenvalue weighted by atomic mass is 10.1. The van der Waals surface area contributed by atoms with Gasteiger partial charge in [-0.15, -0.1) is 0 Å². The number of aldehydes is 1. The van der Waals surface area contributed by atoms with Crippen molar-refractivity contribution < 1.29 is 19.1 Å². The van der Waals surface area contributed by atoms with Crippen molar-refractivity contribution in [1.29, 1.82) is 0 Å². The molecule has 3 heterocycles. The number of halogens is 1. The first-order chi connectivity index (χ1) is 14.5. The number of aromatic nitrogens is 1. The lowest BCUT2D eigenvalue weighted by molar-refractivity contribution is 0.0243. The molecule has 0 aromatic carbocycles. The average molecular weight is 450 g/mol. The molecule has 1 aromatic rings. The first-order valence-electron chi connectivity index (χ1n) is 9.96. The predicted octanol–water partition coefficient (Wildman–Crippen LogP) is 2.44. The van der Waals surface area contributed by atoms with E-state index in [1.54, 1.807) is 26.8 Å². The topological polar surface area (TPSA) is 124 Å². The third-order valence-electron chi connectivity index (χ3n) is 5.06. The molecule has 1 aromatic heterocycles. The van der Waals surface area contributed by atoms with Crippen LogP contribution in [0.15, 0.2) is 35.0 Å². The average Bonchev–Trinajstić information content (AvgIpc) is 3.04. The van der Waals surface area contributed by atoms with Gasteiger partial charge in [-0.3, -0.25) is 9.69 Å². The number of hydrogen-bond donors (Lipinski definition) is 2. The highest BCUT2D eigenvalue weighted by Gasteiger charge is 2.42. The lowest BCUT2D eigenvalue weighted by Gasteiger charge is -2.39.